The summed E-state index contributed by atoms with van der Waals surface area (Å²) in [5, 5.41) is 0.235. The molecule has 7 heteroatoms. The predicted molar refractivity (Wildman–Crippen MR) is 93.6 cm³/mol. The van der Waals surface area contributed by atoms with E-state index in [2.05, 4.69) is 15.0 Å². The van der Waals surface area contributed by atoms with Crippen LogP contribution in [-0.2, 0) is 0 Å². The number of fused-ring (bicyclic) bond motifs is 1. The zero-order valence-electron chi connectivity index (χ0n) is 14.1. The highest BCUT2D eigenvalue weighted by Gasteiger charge is 2.35. The van der Waals surface area contributed by atoms with Crippen LogP contribution in [0.5, 0.6) is 0 Å². The topological polar surface area (TPSA) is 98.9 Å². The Labute approximate surface area is 144 Å². The van der Waals surface area contributed by atoms with Gasteiger partial charge >= 0.3 is 5.69 Å². The van der Waals surface area contributed by atoms with Crippen LogP contribution in [0.2, 0.25) is 0 Å². The minimum absolute atomic E-state index is 0.0620. The van der Waals surface area contributed by atoms with Crippen molar-refractivity contribution in [1.82, 2.24) is 19.9 Å². The normalized spacial score (nSPS) is 21.8. The number of carbonyl (C=O) groups excluding carboxylic acids is 1. The maximum absolute atomic E-state index is 13.0. The molecule has 7 nitrogen and oxygen atoms in total. The molecular weight excluding hydrogens is 320 g/mol. The van der Waals surface area contributed by atoms with E-state index in [9.17, 15) is 14.4 Å². The largest absolute Gasteiger partial charge is 0.335 e. The van der Waals surface area contributed by atoms with Crippen LogP contribution in [0.1, 0.15) is 55.3 Å². The average molecular weight is 342 g/mol. The standard InChI is InChI=1S/C18H22N4O3/c23-16-13-9-12(10-19-15(13)20-18(25)21-16)17(24)22-8-4-7-14(22)11-5-2-1-3-6-11/h9-11,14H,1-8H2,(H2,19,20,21,23,25)/t14-/m1/s1. The number of pyridine rings is 1. The van der Waals surface area contributed by atoms with Gasteiger partial charge in [-0.3, -0.25) is 19.6 Å². The minimum atomic E-state index is -0.596. The number of hydrogen-bond donors (Lipinski definition) is 2. The average Bonchev–Trinajstić information content (AvgIpc) is 3.11. The van der Waals surface area contributed by atoms with Crippen molar-refractivity contribution in [1.29, 1.82) is 0 Å². The molecule has 1 saturated heterocycles. The Kier molecular flexibility index (Phi) is 4.15. The van der Waals surface area contributed by atoms with Gasteiger partial charge in [0, 0.05) is 18.8 Å². The Hall–Kier alpha value is -2.44. The molecule has 132 valence electrons. The third-order valence-electron chi connectivity index (χ3n) is 5.59. The Bertz CT molecular complexity index is 910. The molecule has 2 aromatic heterocycles. The van der Waals surface area contributed by atoms with Crippen molar-refractivity contribution < 1.29 is 4.79 Å². The maximum atomic E-state index is 13.0. The van der Waals surface area contributed by atoms with Crippen LogP contribution in [-0.4, -0.2) is 38.3 Å². The zero-order chi connectivity index (χ0) is 17.4. The summed E-state index contributed by atoms with van der Waals surface area (Å²) in [6, 6.07) is 1.84. The molecule has 2 N–H and O–H groups in total. The van der Waals surface area contributed by atoms with Crippen LogP contribution in [0.3, 0.4) is 0 Å². The summed E-state index contributed by atoms with van der Waals surface area (Å²) in [4.78, 5) is 47.1. The molecule has 0 spiro atoms. The molecule has 1 atom stereocenters. The van der Waals surface area contributed by atoms with E-state index >= 15 is 0 Å². The minimum Gasteiger partial charge on any atom is -0.335 e. The monoisotopic (exact) mass is 342 g/mol. The lowest BCUT2D eigenvalue weighted by Crippen LogP contribution is -2.40. The van der Waals surface area contributed by atoms with Crippen molar-refractivity contribution in [2.24, 2.45) is 5.92 Å². The molecule has 2 fully saturated rings. The van der Waals surface area contributed by atoms with Gasteiger partial charge < -0.3 is 4.90 Å². The molecule has 1 aliphatic heterocycles. The molecule has 4 rings (SSSR count). The second-order valence-corrected chi connectivity index (χ2v) is 7.13. The van der Waals surface area contributed by atoms with E-state index in [-0.39, 0.29) is 16.9 Å². The highest BCUT2D eigenvalue weighted by Crippen LogP contribution is 2.35. The first-order valence-electron chi connectivity index (χ1n) is 9.07. The van der Waals surface area contributed by atoms with Crippen molar-refractivity contribution in [2.45, 2.75) is 51.0 Å². The van der Waals surface area contributed by atoms with E-state index < -0.39 is 11.2 Å². The summed E-state index contributed by atoms with van der Waals surface area (Å²) < 4.78 is 0. The van der Waals surface area contributed by atoms with E-state index in [0.29, 0.717) is 17.5 Å². The molecule has 1 saturated carbocycles. The van der Waals surface area contributed by atoms with Crippen LogP contribution in [0, 0.1) is 5.92 Å². The number of carbonyl (C=O) groups is 1. The van der Waals surface area contributed by atoms with Gasteiger partial charge in [-0.1, -0.05) is 19.3 Å². The van der Waals surface area contributed by atoms with E-state index in [4.69, 9.17) is 0 Å². The molecule has 2 aromatic rings. The van der Waals surface area contributed by atoms with Crippen molar-refractivity contribution in [3.63, 3.8) is 0 Å². The fourth-order valence-electron chi connectivity index (χ4n) is 4.38. The van der Waals surface area contributed by atoms with E-state index in [1.54, 1.807) is 0 Å². The molecule has 0 radical (unpaired) electrons. The third-order valence-corrected chi connectivity index (χ3v) is 5.59. The van der Waals surface area contributed by atoms with Crippen LogP contribution in [0.25, 0.3) is 11.0 Å². The number of H-pyrrole nitrogens is 2. The van der Waals surface area contributed by atoms with Crippen molar-refractivity contribution in [3.05, 3.63) is 38.7 Å². The summed E-state index contributed by atoms with van der Waals surface area (Å²) in [6.07, 6.45) is 9.75. The summed E-state index contributed by atoms with van der Waals surface area (Å²) in [5.74, 6) is 0.529. The first-order valence-corrected chi connectivity index (χ1v) is 9.07. The summed E-state index contributed by atoms with van der Waals surface area (Å²) in [7, 11) is 0. The molecule has 0 bridgehead atoms. The highest BCUT2D eigenvalue weighted by atomic mass is 16.2. The lowest BCUT2D eigenvalue weighted by Gasteiger charge is -2.34. The molecule has 0 aromatic carbocycles. The van der Waals surface area contributed by atoms with Gasteiger partial charge in [-0.2, -0.15) is 0 Å². The van der Waals surface area contributed by atoms with Gasteiger partial charge in [0.15, 0.2) is 0 Å². The van der Waals surface area contributed by atoms with Crippen molar-refractivity contribution in [3.8, 4) is 0 Å². The van der Waals surface area contributed by atoms with E-state index in [0.717, 1.165) is 19.4 Å². The van der Waals surface area contributed by atoms with Gasteiger partial charge in [0.2, 0.25) is 0 Å². The molecule has 3 heterocycles. The van der Waals surface area contributed by atoms with E-state index in [1.165, 1.54) is 44.4 Å². The molecule has 25 heavy (non-hydrogen) atoms. The van der Waals surface area contributed by atoms with Crippen LogP contribution < -0.4 is 11.2 Å². The molecule has 2 aliphatic rings. The number of likely N-dealkylation sites (tertiary alicyclic amines) is 1. The summed E-state index contributed by atoms with van der Waals surface area (Å²) in [5.41, 5.74) is -0.504. The van der Waals surface area contributed by atoms with Gasteiger partial charge in [0.05, 0.1) is 10.9 Å². The van der Waals surface area contributed by atoms with Gasteiger partial charge in [-0.25, -0.2) is 9.78 Å². The third kappa shape index (κ3) is 2.99. The van der Waals surface area contributed by atoms with Crippen molar-refractivity contribution >= 4 is 16.9 Å². The summed E-state index contributed by atoms with van der Waals surface area (Å²) in [6.45, 7) is 0.764. The first-order chi connectivity index (χ1) is 12.1. The fourth-order valence-corrected chi connectivity index (χ4v) is 4.38. The smallest absolute Gasteiger partial charge is 0.327 e. The van der Waals surface area contributed by atoms with Gasteiger partial charge in [0.25, 0.3) is 11.5 Å². The molecule has 1 amide bonds. The molecular formula is C18H22N4O3. The van der Waals surface area contributed by atoms with Gasteiger partial charge in [-0.05, 0) is 37.7 Å². The van der Waals surface area contributed by atoms with Gasteiger partial charge in [-0.15, -0.1) is 0 Å². The Balaban J connectivity index is 1.64. The summed E-state index contributed by atoms with van der Waals surface area (Å²) >= 11 is 0. The quantitative estimate of drug-likeness (QED) is 0.869. The molecule has 0 unspecified atom stereocenters. The second kappa shape index (κ2) is 6.46. The van der Waals surface area contributed by atoms with Crippen LogP contribution >= 0.6 is 0 Å². The van der Waals surface area contributed by atoms with Crippen LogP contribution in [0.15, 0.2) is 21.9 Å². The number of aromatic amines is 2. The predicted octanol–water partition coefficient (Wildman–Crippen LogP) is 1.80. The Morgan fingerprint density at radius 2 is 1.88 bits per heavy atom. The Morgan fingerprint density at radius 1 is 1.08 bits per heavy atom. The number of rotatable bonds is 2. The highest BCUT2D eigenvalue weighted by molar-refractivity contribution is 5.97. The first kappa shape index (κ1) is 16.1. The van der Waals surface area contributed by atoms with Crippen LogP contribution in [0.4, 0.5) is 0 Å². The number of nitrogens with zero attached hydrogens (tertiary/aromatic N) is 2. The van der Waals surface area contributed by atoms with Gasteiger partial charge in [0.1, 0.15) is 5.65 Å². The fraction of sp³-hybridized carbons (Fsp3) is 0.556. The Morgan fingerprint density at radius 3 is 2.68 bits per heavy atom. The second-order valence-electron chi connectivity index (χ2n) is 7.13. The van der Waals surface area contributed by atoms with Crippen molar-refractivity contribution in [2.75, 3.05) is 6.54 Å². The SMILES string of the molecule is O=C(c1cnc2[nH]c(=O)[nH]c(=O)c2c1)N1CCC[C@@H]1C1CCCCC1. The zero-order valence-corrected chi connectivity index (χ0v) is 14.1. The molecule has 1 aliphatic carbocycles. The number of nitrogens with one attached hydrogen (secondary N) is 2. The number of aromatic nitrogens is 3. The lowest BCUT2D eigenvalue weighted by molar-refractivity contribution is 0.0661. The lowest BCUT2D eigenvalue weighted by atomic mass is 9.83. The maximum Gasteiger partial charge on any atom is 0.327 e. The number of hydrogen-bond acceptors (Lipinski definition) is 4. The number of amides is 1. The van der Waals surface area contributed by atoms with E-state index in [1.807, 2.05) is 4.90 Å².